The molecule has 1 aromatic carbocycles. The number of nitrogens with one attached hydrogen (secondary N) is 1. The molecule has 0 atom stereocenters. The Morgan fingerprint density at radius 3 is 2.81 bits per heavy atom. The average molecular weight is 373 g/mol. The molecule has 1 saturated heterocycles. The first-order valence-corrected chi connectivity index (χ1v) is 10.4. The molecule has 0 aliphatic carbocycles. The van der Waals surface area contributed by atoms with E-state index in [1.807, 2.05) is 31.3 Å². The first-order valence-electron chi connectivity index (χ1n) is 8.75. The molecule has 1 fully saturated rings. The van der Waals surface area contributed by atoms with Crippen molar-refractivity contribution in [3.63, 3.8) is 0 Å². The molecule has 0 saturated carbocycles. The van der Waals surface area contributed by atoms with E-state index in [2.05, 4.69) is 10.3 Å². The molecule has 0 radical (unpaired) electrons. The standard InChI is InChI=1S/C19H23N3O3S/c1-15-13-17(8-9-18(15)22-11-4-12-26(22,24)25)21-19(23)7-2-5-16-6-3-10-20-14-16/h3,6,8-10,13-14H,2,4-5,7,11-12H2,1H3,(H,21,23). The van der Waals surface area contributed by atoms with Crippen molar-refractivity contribution in [3.8, 4) is 0 Å². The third-order valence-electron chi connectivity index (χ3n) is 4.44. The number of carbonyl (C=O) groups is 1. The molecule has 138 valence electrons. The Morgan fingerprint density at radius 2 is 2.15 bits per heavy atom. The number of nitrogens with zero attached hydrogens (tertiary/aromatic N) is 2. The van der Waals surface area contributed by atoms with Crippen LogP contribution in [0.3, 0.4) is 0 Å². The van der Waals surface area contributed by atoms with Crippen LogP contribution in [0.25, 0.3) is 0 Å². The molecular formula is C19H23N3O3S. The molecule has 0 unspecified atom stereocenters. The molecule has 1 aliphatic heterocycles. The summed E-state index contributed by atoms with van der Waals surface area (Å²) in [6, 6.07) is 9.24. The maximum Gasteiger partial charge on any atom is 0.235 e. The van der Waals surface area contributed by atoms with Crippen molar-refractivity contribution in [1.82, 2.24) is 4.98 Å². The van der Waals surface area contributed by atoms with Gasteiger partial charge in [0, 0.05) is 31.0 Å². The number of hydrogen-bond acceptors (Lipinski definition) is 4. The van der Waals surface area contributed by atoms with Gasteiger partial charge in [-0.05, 0) is 61.6 Å². The van der Waals surface area contributed by atoms with Gasteiger partial charge in [0.2, 0.25) is 15.9 Å². The number of aryl methyl sites for hydroxylation is 2. The van der Waals surface area contributed by atoms with E-state index in [-0.39, 0.29) is 11.7 Å². The van der Waals surface area contributed by atoms with Crippen molar-refractivity contribution >= 4 is 27.3 Å². The highest BCUT2D eigenvalue weighted by molar-refractivity contribution is 7.93. The van der Waals surface area contributed by atoms with Gasteiger partial charge < -0.3 is 5.32 Å². The predicted octanol–water partition coefficient (Wildman–Crippen LogP) is 2.89. The van der Waals surface area contributed by atoms with Gasteiger partial charge in [0.1, 0.15) is 0 Å². The minimum atomic E-state index is -3.20. The molecule has 3 rings (SSSR count). The van der Waals surface area contributed by atoms with Crippen molar-refractivity contribution in [2.24, 2.45) is 0 Å². The Bertz CT molecular complexity index is 882. The Morgan fingerprint density at radius 1 is 1.31 bits per heavy atom. The van der Waals surface area contributed by atoms with Crippen molar-refractivity contribution < 1.29 is 13.2 Å². The zero-order chi connectivity index (χ0) is 18.6. The zero-order valence-corrected chi connectivity index (χ0v) is 15.6. The third-order valence-corrected chi connectivity index (χ3v) is 6.30. The molecular weight excluding hydrogens is 350 g/mol. The molecule has 0 spiro atoms. The monoisotopic (exact) mass is 373 g/mol. The zero-order valence-electron chi connectivity index (χ0n) is 14.8. The molecule has 7 heteroatoms. The lowest BCUT2D eigenvalue weighted by atomic mass is 10.1. The van der Waals surface area contributed by atoms with E-state index in [0.29, 0.717) is 30.8 Å². The Balaban J connectivity index is 1.56. The normalized spacial score (nSPS) is 15.8. The summed E-state index contributed by atoms with van der Waals surface area (Å²) in [5, 5.41) is 2.89. The van der Waals surface area contributed by atoms with Crippen LogP contribution >= 0.6 is 0 Å². The highest BCUT2D eigenvalue weighted by atomic mass is 32.2. The maximum absolute atomic E-state index is 12.1. The second kappa shape index (κ2) is 7.86. The van der Waals surface area contributed by atoms with Gasteiger partial charge in [-0.2, -0.15) is 0 Å². The molecule has 1 amide bonds. The van der Waals surface area contributed by atoms with Gasteiger partial charge in [-0.25, -0.2) is 8.42 Å². The van der Waals surface area contributed by atoms with Gasteiger partial charge in [-0.1, -0.05) is 6.07 Å². The summed E-state index contributed by atoms with van der Waals surface area (Å²) in [5.41, 5.74) is 3.34. The summed E-state index contributed by atoms with van der Waals surface area (Å²) in [6.45, 7) is 2.38. The number of pyridine rings is 1. The summed E-state index contributed by atoms with van der Waals surface area (Å²) < 4.78 is 25.6. The van der Waals surface area contributed by atoms with E-state index in [4.69, 9.17) is 0 Å². The molecule has 1 N–H and O–H groups in total. The quantitative estimate of drug-likeness (QED) is 0.844. The lowest BCUT2D eigenvalue weighted by Crippen LogP contribution is -2.25. The van der Waals surface area contributed by atoms with E-state index in [1.165, 1.54) is 4.31 Å². The average Bonchev–Trinajstić information content (AvgIpc) is 2.95. The van der Waals surface area contributed by atoms with Crippen LogP contribution in [0.2, 0.25) is 0 Å². The minimum absolute atomic E-state index is 0.0464. The van der Waals surface area contributed by atoms with Crippen LogP contribution in [-0.2, 0) is 21.2 Å². The number of amides is 1. The number of benzene rings is 1. The lowest BCUT2D eigenvalue weighted by molar-refractivity contribution is -0.116. The summed E-state index contributed by atoms with van der Waals surface area (Å²) in [4.78, 5) is 16.2. The fourth-order valence-corrected chi connectivity index (χ4v) is 4.77. The van der Waals surface area contributed by atoms with Crippen LogP contribution in [0.15, 0.2) is 42.7 Å². The van der Waals surface area contributed by atoms with Crippen molar-refractivity contribution in [3.05, 3.63) is 53.9 Å². The first kappa shape index (κ1) is 18.4. The van der Waals surface area contributed by atoms with Crippen molar-refractivity contribution in [2.45, 2.75) is 32.6 Å². The van der Waals surface area contributed by atoms with Gasteiger partial charge in [-0.15, -0.1) is 0 Å². The van der Waals surface area contributed by atoms with Crippen molar-refractivity contribution in [2.75, 3.05) is 21.9 Å². The number of hydrogen-bond donors (Lipinski definition) is 1. The second-order valence-electron chi connectivity index (χ2n) is 6.51. The topological polar surface area (TPSA) is 79.4 Å². The molecule has 1 aliphatic rings. The molecule has 6 nitrogen and oxygen atoms in total. The molecule has 2 heterocycles. The van der Waals surface area contributed by atoms with Crippen molar-refractivity contribution in [1.29, 1.82) is 0 Å². The Hall–Kier alpha value is -2.41. The summed E-state index contributed by atoms with van der Waals surface area (Å²) in [7, 11) is -3.20. The number of carbonyl (C=O) groups excluding carboxylic acids is 1. The fraction of sp³-hybridized carbons (Fsp3) is 0.368. The summed E-state index contributed by atoms with van der Waals surface area (Å²) >= 11 is 0. The van der Waals surface area contributed by atoms with Gasteiger partial charge in [-0.3, -0.25) is 14.1 Å². The summed E-state index contributed by atoms with van der Waals surface area (Å²) in [6.07, 6.45) is 6.18. The molecule has 2 aromatic rings. The smallest absolute Gasteiger partial charge is 0.235 e. The molecule has 26 heavy (non-hydrogen) atoms. The maximum atomic E-state index is 12.1. The van der Waals surface area contributed by atoms with Crippen LogP contribution < -0.4 is 9.62 Å². The number of anilines is 2. The van der Waals surface area contributed by atoms with Gasteiger partial charge >= 0.3 is 0 Å². The van der Waals surface area contributed by atoms with Crippen LogP contribution in [0.4, 0.5) is 11.4 Å². The fourth-order valence-electron chi connectivity index (χ4n) is 3.15. The van der Waals surface area contributed by atoms with Crippen LogP contribution in [0.1, 0.15) is 30.4 Å². The number of rotatable bonds is 6. The van der Waals surface area contributed by atoms with E-state index in [9.17, 15) is 13.2 Å². The predicted molar refractivity (Wildman–Crippen MR) is 103 cm³/mol. The molecule has 0 bridgehead atoms. The largest absolute Gasteiger partial charge is 0.326 e. The van der Waals surface area contributed by atoms with E-state index in [0.717, 1.165) is 24.0 Å². The highest BCUT2D eigenvalue weighted by Gasteiger charge is 2.29. The Kier molecular flexibility index (Phi) is 5.56. The lowest BCUT2D eigenvalue weighted by Gasteiger charge is -2.20. The van der Waals surface area contributed by atoms with E-state index < -0.39 is 10.0 Å². The van der Waals surface area contributed by atoms with Gasteiger partial charge in [0.25, 0.3) is 0 Å². The van der Waals surface area contributed by atoms with Crippen LogP contribution in [-0.4, -0.2) is 31.6 Å². The van der Waals surface area contributed by atoms with Crippen LogP contribution in [0.5, 0.6) is 0 Å². The molecule has 1 aromatic heterocycles. The van der Waals surface area contributed by atoms with E-state index >= 15 is 0 Å². The number of aromatic nitrogens is 1. The SMILES string of the molecule is Cc1cc(NC(=O)CCCc2cccnc2)ccc1N1CCCS1(=O)=O. The highest BCUT2D eigenvalue weighted by Crippen LogP contribution is 2.29. The van der Waals surface area contributed by atoms with Gasteiger partial charge in [0.05, 0.1) is 11.4 Å². The van der Waals surface area contributed by atoms with E-state index in [1.54, 1.807) is 18.3 Å². The number of sulfonamides is 1. The first-order chi connectivity index (χ1) is 12.5. The third kappa shape index (κ3) is 4.40. The Labute approximate surface area is 154 Å². The van der Waals surface area contributed by atoms with Crippen LogP contribution in [0, 0.1) is 6.92 Å². The summed E-state index contributed by atoms with van der Waals surface area (Å²) in [5.74, 6) is 0.150. The minimum Gasteiger partial charge on any atom is -0.326 e. The second-order valence-corrected chi connectivity index (χ2v) is 8.52. The van der Waals surface area contributed by atoms with Gasteiger partial charge in [0.15, 0.2) is 0 Å².